The van der Waals surface area contributed by atoms with Crippen LogP contribution in [-0.4, -0.2) is 19.2 Å². The minimum absolute atomic E-state index is 0.0891. The molecule has 0 saturated carbocycles. The number of nitrogens with zero attached hydrogens (tertiary/aromatic N) is 1. The van der Waals surface area contributed by atoms with Crippen molar-refractivity contribution in [3.8, 4) is 0 Å². The van der Waals surface area contributed by atoms with Crippen LogP contribution >= 0.6 is 0 Å². The van der Waals surface area contributed by atoms with E-state index in [2.05, 4.69) is 11.9 Å². The topological polar surface area (TPSA) is 86.2 Å². The van der Waals surface area contributed by atoms with Gasteiger partial charge in [0.2, 0.25) is 9.84 Å². The molecular weight excluding hydrogens is 288 g/mol. The molecule has 0 fully saturated rings. The molecule has 0 aliphatic heterocycles. The van der Waals surface area contributed by atoms with Crippen LogP contribution in [-0.2, 0) is 9.84 Å². The molecule has 0 saturated heterocycles. The number of hydrogen-bond donors (Lipinski definition) is 1. The standard InChI is InChI=1S/C15H22N2O3S/c1-3-5-6-11(4-2)10-21(18,19)15-17-13-8-7-12(16)9-14(13)20-15/h7-9,11H,3-6,10,16H2,1-2H3. The van der Waals surface area contributed by atoms with Crippen LogP contribution in [0.5, 0.6) is 0 Å². The van der Waals surface area contributed by atoms with Gasteiger partial charge >= 0.3 is 5.22 Å². The number of unbranched alkanes of at least 4 members (excludes halogenated alkanes) is 1. The molecule has 1 aromatic heterocycles. The van der Waals surface area contributed by atoms with E-state index in [1.54, 1.807) is 18.2 Å². The summed E-state index contributed by atoms with van der Waals surface area (Å²) in [5, 5.41) is -0.196. The number of hydrogen-bond acceptors (Lipinski definition) is 5. The van der Waals surface area contributed by atoms with E-state index in [0.717, 1.165) is 25.7 Å². The summed E-state index contributed by atoms with van der Waals surface area (Å²) in [6.45, 7) is 4.12. The fourth-order valence-electron chi connectivity index (χ4n) is 2.33. The summed E-state index contributed by atoms with van der Waals surface area (Å²) in [5.74, 6) is 0.237. The molecule has 1 heterocycles. The fourth-order valence-corrected chi connectivity index (χ4v) is 3.95. The highest BCUT2D eigenvalue weighted by Gasteiger charge is 2.25. The molecule has 5 nitrogen and oxygen atoms in total. The van der Waals surface area contributed by atoms with Gasteiger partial charge in [-0.2, -0.15) is 4.98 Å². The zero-order valence-corrected chi connectivity index (χ0v) is 13.3. The van der Waals surface area contributed by atoms with Gasteiger partial charge in [0.15, 0.2) is 5.58 Å². The normalized spacial score (nSPS) is 13.6. The van der Waals surface area contributed by atoms with Crippen LogP contribution in [0.15, 0.2) is 27.8 Å². The van der Waals surface area contributed by atoms with Gasteiger partial charge < -0.3 is 10.2 Å². The number of sulfone groups is 1. The van der Waals surface area contributed by atoms with Crippen LogP contribution in [0.25, 0.3) is 11.1 Å². The number of oxazole rings is 1. The van der Waals surface area contributed by atoms with Gasteiger partial charge in [-0.15, -0.1) is 0 Å². The van der Waals surface area contributed by atoms with Crippen molar-refractivity contribution < 1.29 is 12.8 Å². The molecular formula is C15H22N2O3S. The first-order valence-corrected chi connectivity index (χ1v) is 9.00. The summed E-state index contributed by atoms with van der Waals surface area (Å²) in [7, 11) is -3.50. The maximum absolute atomic E-state index is 12.4. The molecule has 0 radical (unpaired) electrons. The largest absolute Gasteiger partial charge is 0.428 e. The van der Waals surface area contributed by atoms with E-state index in [9.17, 15) is 8.42 Å². The molecule has 1 atom stereocenters. The van der Waals surface area contributed by atoms with Crippen molar-refractivity contribution in [3.63, 3.8) is 0 Å². The molecule has 1 unspecified atom stereocenters. The summed E-state index contributed by atoms with van der Waals surface area (Å²) in [4.78, 5) is 4.08. The minimum Gasteiger partial charge on any atom is -0.428 e. The summed E-state index contributed by atoms with van der Waals surface area (Å²) in [5.41, 5.74) is 7.12. The third kappa shape index (κ3) is 3.75. The lowest BCUT2D eigenvalue weighted by Crippen LogP contribution is -2.16. The van der Waals surface area contributed by atoms with Gasteiger partial charge in [-0.05, 0) is 24.5 Å². The SMILES string of the molecule is CCCCC(CC)CS(=O)(=O)c1nc2ccc(N)cc2o1. The Bertz CT molecular complexity index is 707. The number of fused-ring (bicyclic) bond motifs is 1. The highest BCUT2D eigenvalue weighted by molar-refractivity contribution is 7.91. The number of aromatic nitrogens is 1. The van der Waals surface area contributed by atoms with Crippen LogP contribution < -0.4 is 5.73 Å². The predicted molar refractivity (Wildman–Crippen MR) is 83.8 cm³/mol. The highest BCUT2D eigenvalue weighted by Crippen LogP contribution is 2.24. The van der Waals surface area contributed by atoms with E-state index in [-0.39, 0.29) is 16.9 Å². The van der Waals surface area contributed by atoms with E-state index >= 15 is 0 Å². The smallest absolute Gasteiger partial charge is 0.316 e. The Balaban J connectivity index is 2.24. The number of nitrogen functional groups attached to an aromatic ring is 1. The van der Waals surface area contributed by atoms with Crippen LogP contribution in [0.1, 0.15) is 39.5 Å². The second-order valence-electron chi connectivity index (χ2n) is 5.40. The molecule has 6 heteroatoms. The van der Waals surface area contributed by atoms with Gasteiger partial charge in [-0.25, -0.2) is 8.42 Å². The van der Waals surface area contributed by atoms with E-state index < -0.39 is 9.84 Å². The van der Waals surface area contributed by atoms with Crippen molar-refractivity contribution in [2.24, 2.45) is 5.92 Å². The Labute approximate surface area is 125 Å². The molecule has 0 aliphatic rings. The monoisotopic (exact) mass is 310 g/mol. The summed E-state index contributed by atoms with van der Waals surface area (Å²) >= 11 is 0. The lowest BCUT2D eigenvalue weighted by Gasteiger charge is -2.12. The summed E-state index contributed by atoms with van der Waals surface area (Å²) in [6.07, 6.45) is 3.86. The zero-order valence-electron chi connectivity index (χ0n) is 12.5. The van der Waals surface area contributed by atoms with Crippen molar-refractivity contribution in [1.29, 1.82) is 0 Å². The molecule has 2 N–H and O–H groups in total. The average molecular weight is 310 g/mol. The number of nitrogens with two attached hydrogens (primary N) is 1. The van der Waals surface area contributed by atoms with E-state index in [1.807, 2.05) is 6.92 Å². The second-order valence-corrected chi connectivity index (χ2v) is 7.32. The number of anilines is 1. The maximum Gasteiger partial charge on any atom is 0.316 e. The molecule has 2 aromatic rings. The number of benzene rings is 1. The molecule has 2 rings (SSSR count). The Hall–Kier alpha value is -1.56. The van der Waals surface area contributed by atoms with Crippen molar-refractivity contribution in [1.82, 2.24) is 4.98 Å². The van der Waals surface area contributed by atoms with Crippen molar-refractivity contribution in [3.05, 3.63) is 18.2 Å². The van der Waals surface area contributed by atoms with Gasteiger partial charge in [-0.1, -0.05) is 33.1 Å². The summed E-state index contributed by atoms with van der Waals surface area (Å²) < 4.78 is 30.2. The van der Waals surface area contributed by atoms with Crippen molar-refractivity contribution in [2.75, 3.05) is 11.5 Å². The minimum atomic E-state index is -3.50. The quantitative estimate of drug-likeness (QED) is 0.792. The molecule has 0 aliphatic carbocycles. The lowest BCUT2D eigenvalue weighted by molar-refractivity contribution is 0.441. The third-order valence-electron chi connectivity index (χ3n) is 3.66. The molecule has 1 aromatic carbocycles. The lowest BCUT2D eigenvalue weighted by atomic mass is 10.0. The summed E-state index contributed by atoms with van der Waals surface area (Å²) in [6, 6.07) is 4.94. The Morgan fingerprint density at radius 2 is 2.10 bits per heavy atom. The first-order valence-electron chi connectivity index (χ1n) is 7.35. The predicted octanol–water partition coefficient (Wildman–Crippen LogP) is 3.40. The van der Waals surface area contributed by atoms with E-state index in [1.165, 1.54) is 0 Å². The van der Waals surface area contributed by atoms with Crippen LogP contribution in [0, 0.1) is 5.92 Å². The third-order valence-corrected chi connectivity index (χ3v) is 5.27. The van der Waals surface area contributed by atoms with Gasteiger partial charge in [-0.3, -0.25) is 0 Å². The van der Waals surface area contributed by atoms with Crippen molar-refractivity contribution >= 4 is 26.6 Å². The van der Waals surface area contributed by atoms with E-state index in [4.69, 9.17) is 10.2 Å². The molecule has 21 heavy (non-hydrogen) atoms. The molecule has 116 valence electrons. The highest BCUT2D eigenvalue weighted by atomic mass is 32.2. The number of rotatable bonds is 7. The van der Waals surface area contributed by atoms with Gasteiger partial charge in [0.05, 0.1) is 5.75 Å². The second kappa shape index (κ2) is 6.47. The van der Waals surface area contributed by atoms with Gasteiger partial charge in [0, 0.05) is 11.8 Å². The van der Waals surface area contributed by atoms with E-state index in [0.29, 0.717) is 16.8 Å². The Morgan fingerprint density at radius 3 is 2.76 bits per heavy atom. The average Bonchev–Trinajstić information content (AvgIpc) is 2.87. The van der Waals surface area contributed by atoms with Gasteiger partial charge in [0.25, 0.3) is 0 Å². The first kappa shape index (κ1) is 15.8. The molecule has 0 spiro atoms. The Kier molecular flexibility index (Phi) is 4.88. The van der Waals surface area contributed by atoms with Gasteiger partial charge in [0.1, 0.15) is 5.52 Å². The Morgan fingerprint density at radius 1 is 1.33 bits per heavy atom. The first-order chi connectivity index (χ1) is 9.96. The zero-order chi connectivity index (χ0) is 15.5. The fraction of sp³-hybridized carbons (Fsp3) is 0.533. The van der Waals surface area contributed by atoms with Crippen molar-refractivity contribution in [2.45, 2.75) is 44.8 Å². The van der Waals surface area contributed by atoms with Crippen LogP contribution in [0.4, 0.5) is 5.69 Å². The maximum atomic E-state index is 12.4. The van der Waals surface area contributed by atoms with Crippen LogP contribution in [0.2, 0.25) is 0 Å². The van der Waals surface area contributed by atoms with Crippen LogP contribution in [0.3, 0.4) is 0 Å². The molecule has 0 bridgehead atoms. The molecule has 0 amide bonds.